The van der Waals surface area contributed by atoms with Gasteiger partial charge in [-0.1, -0.05) is 26.2 Å². The van der Waals surface area contributed by atoms with Crippen molar-refractivity contribution < 1.29 is 14.3 Å². The molecule has 1 aliphatic rings. The summed E-state index contributed by atoms with van der Waals surface area (Å²) in [6.45, 7) is 7.55. The minimum atomic E-state index is -0.852. The lowest BCUT2D eigenvalue weighted by Gasteiger charge is -2.38. The summed E-state index contributed by atoms with van der Waals surface area (Å²) in [7, 11) is 0. The predicted molar refractivity (Wildman–Crippen MR) is 73.5 cm³/mol. The van der Waals surface area contributed by atoms with Crippen molar-refractivity contribution in [1.29, 1.82) is 0 Å². The molecule has 2 amide bonds. The Morgan fingerprint density at radius 2 is 1.74 bits per heavy atom. The van der Waals surface area contributed by atoms with Crippen molar-refractivity contribution in [1.82, 2.24) is 5.32 Å². The summed E-state index contributed by atoms with van der Waals surface area (Å²) < 4.78 is 5.31. The fourth-order valence-electron chi connectivity index (χ4n) is 2.61. The van der Waals surface area contributed by atoms with Gasteiger partial charge in [0.15, 0.2) is 6.10 Å². The molecule has 1 rings (SSSR count). The third-order valence-corrected chi connectivity index (χ3v) is 3.59. The average Bonchev–Trinajstić information content (AvgIpc) is 2.24. The maximum absolute atomic E-state index is 11.8. The van der Waals surface area contributed by atoms with Gasteiger partial charge in [0.1, 0.15) is 0 Å². The van der Waals surface area contributed by atoms with Crippen LogP contribution in [-0.2, 0) is 9.53 Å². The zero-order chi connectivity index (χ0) is 14.7. The highest BCUT2D eigenvalue weighted by Crippen LogP contribution is 2.40. The van der Waals surface area contributed by atoms with Crippen molar-refractivity contribution in [3.8, 4) is 0 Å². The van der Waals surface area contributed by atoms with E-state index in [4.69, 9.17) is 10.5 Å². The quantitative estimate of drug-likeness (QED) is 0.825. The Morgan fingerprint density at radius 3 is 2.16 bits per heavy atom. The van der Waals surface area contributed by atoms with Gasteiger partial charge in [0.2, 0.25) is 0 Å². The Morgan fingerprint density at radius 1 is 1.21 bits per heavy atom. The predicted octanol–water partition coefficient (Wildman–Crippen LogP) is 2.34. The number of hydrogen-bond acceptors (Lipinski definition) is 3. The molecule has 110 valence electrons. The Hall–Kier alpha value is -1.26. The zero-order valence-corrected chi connectivity index (χ0v) is 12.4. The van der Waals surface area contributed by atoms with E-state index in [1.165, 1.54) is 0 Å². The summed E-state index contributed by atoms with van der Waals surface area (Å²) in [5.41, 5.74) is 4.69. The Bertz CT molecular complexity index is 341. The van der Waals surface area contributed by atoms with Gasteiger partial charge in [-0.15, -0.1) is 0 Å². The third-order valence-electron chi connectivity index (χ3n) is 3.59. The minimum absolute atomic E-state index is 0.334. The molecule has 0 bridgehead atoms. The number of ether oxygens (including phenoxy) is 1. The molecule has 0 spiro atoms. The minimum Gasteiger partial charge on any atom is -0.436 e. The Kier molecular flexibility index (Phi) is 4.82. The lowest BCUT2D eigenvalue weighted by Crippen LogP contribution is -2.50. The Labute approximate surface area is 115 Å². The van der Waals surface area contributed by atoms with E-state index in [2.05, 4.69) is 5.32 Å². The number of alkyl carbamates (subject to hydrolysis) is 1. The van der Waals surface area contributed by atoms with E-state index in [0.717, 1.165) is 32.1 Å². The van der Waals surface area contributed by atoms with Crippen LogP contribution in [0.5, 0.6) is 0 Å². The zero-order valence-electron chi connectivity index (χ0n) is 12.4. The van der Waals surface area contributed by atoms with Crippen LogP contribution in [0.25, 0.3) is 0 Å². The average molecular weight is 270 g/mol. The van der Waals surface area contributed by atoms with Gasteiger partial charge in [-0.2, -0.15) is 0 Å². The smallest absolute Gasteiger partial charge is 0.408 e. The first-order valence-electron chi connectivity index (χ1n) is 6.92. The Balaban J connectivity index is 2.73. The van der Waals surface area contributed by atoms with Crippen LogP contribution in [0.15, 0.2) is 0 Å². The number of nitrogens with one attached hydrogen (secondary N) is 1. The molecule has 3 N–H and O–H groups in total. The van der Waals surface area contributed by atoms with Gasteiger partial charge < -0.3 is 15.8 Å². The molecule has 1 aliphatic carbocycles. The van der Waals surface area contributed by atoms with Crippen molar-refractivity contribution in [3.63, 3.8) is 0 Å². The van der Waals surface area contributed by atoms with Gasteiger partial charge in [-0.25, -0.2) is 4.79 Å². The molecule has 5 heteroatoms. The summed E-state index contributed by atoms with van der Waals surface area (Å²) >= 11 is 0. The van der Waals surface area contributed by atoms with E-state index in [-0.39, 0.29) is 5.41 Å². The summed E-state index contributed by atoms with van der Waals surface area (Å²) in [6.07, 6.45) is 3.55. The van der Waals surface area contributed by atoms with Crippen LogP contribution < -0.4 is 11.1 Å². The normalized spacial score (nSPS) is 20.4. The molecule has 0 aromatic heterocycles. The molecule has 19 heavy (non-hydrogen) atoms. The van der Waals surface area contributed by atoms with E-state index < -0.39 is 23.6 Å². The van der Waals surface area contributed by atoms with Crippen molar-refractivity contribution in [2.45, 2.75) is 71.4 Å². The summed E-state index contributed by atoms with van der Waals surface area (Å²) in [4.78, 5) is 23.4. The van der Waals surface area contributed by atoms with Gasteiger partial charge in [-0.05, 0) is 33.6 Å². The lowest BCUT2D eigenvalue weighted by molar-refractivity contribution is -0.134. The first-order valence-corrected chi connectivity index (χ1v) is 6.92. The third kappa shape index (κ3) is 4.73. The highest BCUT2D eigenvalue weighted by atomic mass is 16.6. The van der Waals surface area contributed by atoms with Crippen molar-refractivity contribution >= 4 is 12.0 Å². The highest BCUT2D eigenvalue weighted by molar-refractivity contribution is 5.82. The first kappa shape index (κ1) is 15.8. The summed E-state index contributed by atoms with van der Waals surface area (Å²) in [6, 6.07) is 0. The van der Waals surface area contributed by atoms with Crippen LogP contribution in [0.1, 0.15) is 59.8 Å². The van der Waals surface area contributed by atoms with Gasteiger partial charge in [0.25, 0.3) is 5.91 Å². The molecule has 0 aromatic carbocycles. The number of rotatable bonds is 3. The second-order valence-corrected chi connectivity index (χ2v) is 6.78. The standard InChI is InChI=1S/C14H26N2O3/c1-13(2,3)16-12(18)19-10(11(15)17)14(4)8-6-5-7-9-14/h10H,5-9H2,1-4H3,(H2,15,17)(H,16,18). The van der Waals surface area contributed by atoms with Crippen LogP contribution in [0.2, 0.25) is 0 Å². The van der Waals surface area contributed by atoms with Crippen LogP contribution in [0, 0.1) is 5.41 Å². The number of amides is 2. The molecule has 5 nitrogen and oxygen atoms in total. The molecule has 0 aromatic rings. The monoisotopic (exact) mass is 270 g/mol. The summed E-state index contributed by atoms with van der Waals surface area (Å²) in [5, 5.41) is 2.69. The van der Waals surface area contributed by atoms with Crippen LogP contribution >= 0.6 is 0 Å². The highest BCUT2D eigenvalue weighted by Gasteiger charge is 2.42. The molecule has 1 unspecified atom stereocenters. The van der Waals surface area contributed by atoms with Gasteiger partial charge in [-0.3, -0.25) is 4.79 Å². The molecule has 0 aliphatic heterocycles. The van der Waals surface area contributed by atoms with E-state index >= 15 is 0 Å². The fourth-order valence-corrected chi connectivity index (χ4v) is 2.61. The number of carbonyl (C=O) groups is 2. The van der Waals surface area contributed by atoms with E-state index in [1.54, 1.807) is 0 Å². The molecule has 1 saturated carbocycles. The fraction of sp³-hybridized carbons (Fsp3) is 0.857. The topological polar surface area (TPSA) is 81.4 Å². The largest absolute Gasteiger partial charge is 0.436 e. The number of nitrogens with two attached hydrogens (primary N) is 1. The van der Waals surface area contributed by atoms with Gasteiger partial charge >= 0.3 is 6.09 Å². The maximum Gasteiger partial charge on any atom is 0.408 e. The van der Waals surface area contributed by atoms with Gasteiger partial charge in [0, 0.05) is 11.0 Å². The second kappa shape index (κ2) is 5.80. The van der Waals surface area contributed by atoms with E-state index in [9.17, 15) is 9.59 Å². The number of carbonyl (C=O) groups excluding carboxylic acids is 2. The molecule has 0 radical (unpaired) electrons. The molecule has 1 atom stereocenters. The van der Waals surface area contributed by atoms with Crippen LogP contribution in [-0.4, -0.2) is 23.6 Å². The first-order chi connectivity index (χ1) is 8.64. The van der Waals surface area contributed by atoms with Crippen molar-refractivity contribution in [2.75, 3.05) is 0 Å². The lowest BCUT2D eigenvalue weighted by atomic mass is 9.71. The number of hydrogen-bond donors (Lipinski definition) is 2. The van der Waals surface area contributed by atoms with Crippen molar-refractivity contribution in [3.05, 3.63) is 0 Å². The molecule has 0 saturated heterocycles. The van der Waals surface area contributed by atoms with Gasteiger partial charge in [0.05, 0.1) is 0 Å². The maximum atomic E-state index is 11.8. The van der Waals surface area contributed by atoms with E-state index in [0.29, 0.717) is 0 Å². The van der Waals surface area contributed by atoms with Crippen LogP contribution in [0.3, 0.4) is 0 Å². The second-order valence-electron chi connectivity index (χ2n) is 6.78. The van der Waals surface area contributed by atoms with Crippen molar-refractivity contribution in [2.24, 2.45) is 11.1 Å². The molecular weight excluding hydrogens is 244 g/mol. The molecule has 0 heterocycles. The molecule has 1 fully saturated rings. The van der Waals surface area contributed by atoms with E-state index in [1.807, 2.05) is 27.7 Å². The van der Waals surface area contributed by atoms with Crippen LogP contribution in [0.4, 0.5) is 4.79 Å². The SMILES string of the molecule is CC(C)(C)NC(=O)OC(C(N)=O)C1(C)CCCCC1. The summed E-state index contributed by atoms with van der Waals surface area (Å²) in [5.74, 6) is -0.562. The molecular formula is C14H26N2O3. The number of primary amides is 1.